The summed E-state index contributed by atoms with van der Waals surface area (Å²) in [5, 5.41) is 13.3. The lowest BCUT2D eigenvalue weighted by molar-refractivity contribution is -0.227. The predicted molar refractivity (Wildman–Crippen MR) is 122 cm³/mol. The lowest BCUT2D eigenvalue weighted by Gasteiger charge is -2.31. The standard InChI is InChI=1S/C27H29NO4/c1-17(2)32-23-7-5-4-6-21(23)22-15-20(10-8-18(22)3)28-26(29)27(12-13-27)19-9-11-24-25(14-19)31-16-30-24/h4-11,15,17,19H,12-14,16H2,1-3H3,(H,28,29)/p-1. The fraction of sp³-hybridized carbons (Fsp3) is 0.370. The molecule has 0 radical (unpaired) electrons. The quantitative estimate of drug-likeness (QED) is 0.454. The summed E-state index contributed by atoms with van der Waals surface area (Å²) in [4.78, 5) is 4.57. The second-order valence-corrected chi connectivity index (χ2v) is 9.10. The van der Waals surface area contributed by atoms with Crippen molar-refractivity contribution in [3.8, 4) is 16.9 Å². The van der Waals surface area contributed by atoms with Crippen LogP contribution >= 0.6 is 0 Å². The van der Waals surface area contributed by atoms with Gasteiger partial charge in [0, 0.05) is 17.4 Å². The van der Waals surface area contributed by atoms with Crippen molar-refractivity contribution in [3.63, 3.8) is 0 Å². The monoisotopic (exact) mass is 430 g/mol. The molecule has 0 saturated heterocycles. The van der Waals surface area contributed by atoms with Gasteiger partial charge in [0.25, 0.3) is 0 Å². The van der Waals surface area contributed by atoms with Crippen LogP contribution in [0.2, 0.25) is 0 Å². The lowest BCUT2D eigenvalue weighted by atomic mass is 9.82. The minimum atomic E-state index is -0.426. The minimum Gasteiger partial charge on any atom is -0.861 e. The highest BCUT2D eigenvalue weighted by molar-refractivity contribution is 5.86. The molecule has 0 aromatic heterocycles. The van der Waals surface area contributed by atoms with Crippen LogP contribution in [0.15, 0.2) is 71.1 Å². The molecule has 166 valence electrons. The van der Waals surface area contributed by atoms with Crippen LogP contribution < -0.4 is 9.84 Å². The van der Waals surface area contributed by atoms with Gasteiger partial charge in [0.05, 0.1) is 11.8 Å². The average Bonchev–Trinajstić information content (AvgIpc) is 3.46. The highest BCUT2D eigenvalue weighted by atomic mass is 16.7. The summed E-state index contributed by atoms with van der Waals surface area (Å²) in [6.07, 6.45) is 6.53. The van der Waals surface area contributed by atoms with Gasteiger partial charge in [-0.25, -0.2) is 0 Å². The highest BCUT2D eigenvalue weighted by Crippen LogP contribution is 2.56. The molecule has 0 bridgehead atoms. The first-order chi connectivity index (χ1) is 15.5. The number of aliphatic imine (C=N–C) groups is 1. The first-order valence-electron chi connectivity index (χ1n) is 11.3. The van der Waals surface area contributed by atoms with Gasteiger partial charge in [-0.3, -0.25) is 4.99 Å². The molecular formula is C27H28NO4-. The summed E-state index contributed by atoms with van der Waals surface area (Å²) in [5.74, 6) is 2.55. The van der Waals surface area contributed by atoms with Gasteiger partial charge in [-0.15, -0.1) is 0 Å². The Hall–Kier alpha value is -3.21. The van der Waals surface area contributed by atoms with E-state index in [9.17, 15) is 5.11 Å². The van der Waals surface area contributed by atoms with Crippen molar-refractivity contribution in [3.05, 3.63) is 71.7 Å². The molecule has 0 amide bonds. The molecule has 3 aliphatic rings. The van der Waals surface area contributed by atoms with E-state index in [1.54, 1.807) is 0 Å². The maximum Gasteiger partial charge on any atom is 0.230 e. The normalized spacial score (nSPS) is 21.2. The Bertz CT molecular complexity index is 1120. The maximum atomic E-state index is 13.3. The number of hydrogen-bond donors (Lipinski definition) is 0. The number of allylic oxidation sites excluding steroid dienone is 3. The summed E-state index contributed by atoms with van der Waals surface area (Å²) in [5.41, 5.74) is 3.42. The van der Waals surface area contributed by atoms with Crippen molar-refractivity contribution >= 4 is 11.6 Å². The van der Waals surface area contributed by atoms with Crippen molar-refractivity contribution in [1.29, 1.82) is 0 Å². The lowest BCUT2D eigenvalue weighted by Crippen LogP contribution is -2.35. The molecule has 5 heteroatoms. The highest BCUT2D eigenvalue weighted by Gasteiger charge is 2.50. The zero-order chi connectivity index (χ0) is 22.3. The average molecular weight is 431 g/mol. The molecule has 2 aromatic carbocycles. The van der Waals surface area contributed by atoms with Crippen molar-refractivity contribution in [2.24, 2.45) is 16.3 Å². The van der Waals surface area contributed by atoms with Crippen LogP contribution in [0.4, 0.5) is 5.69 Å². The maximum absolute atomic E-state index is 13.3. The SMILES string of the molecule is Cc1ccc(N=C([O-])C2(C3C=CC4=C(C3)OCO4)CC2)cc1-c1ccccc1OC(C)C. The van der Waals surface area contributed by atoms with Gasteiger partial charge in [-0.05, 0) is 80.8 Å². The topological polar surface area (TPSA) is 63.1 Å². The number of benzene rings is 2. The van der Waals surface area contributed by atoms with E-state index in [0.717, 1.165) is 46.8 Å². The Morgan fingerprint density at radius 1 is 1.12 bits per heavy atom. The molecule has 2 aromatic rings. The van der Waals surface area contributed by atoms with E-state index < -0.39 is 5.41 Å². The molecule has 2 aliphatic carbocycles. The Kier molecular flexibility index (Phi) is 5.20. The third-order valence-electron chi connectivity index (χ3n) is 6.52. The number of para-hydroxylation sites is 1. The van der Waals surface area contributed by atoms with Gasteiger partial charge >= 0.3 is 0 Å². The molecule has 0 N–H and O–H groups in total. The van der Waals surface area contributed by atoms with Crippen molar-refractivity contribution in [1.82, 2.24) is 0 Å². The van der Waals surface area contributed by atoms with Gasteiger partial charge in [0.15, 0.2) is 5.76 Å². The largest absolute Gasteiger partial charge is 0.861 e. The van der Waals surface area contributed by atoms with Crippen molar-refractivity contribution in [2.45, 2.75) is 46.1 Å². The summed E-state index contributed by atoms with van der Waals surface area (Å²) < 4.78 is 17.0. The summed E-state index contributed by atoms with van der Waals surface area (Å²) in [7, 11) is 0. The molecule has 1 fully saturated rings. The molecular weight excluding hydrogens is 402 g/mol. The van der Waals surface area contributed by atoms with Gasteiger partial charge < -0.3 is 19.3 Å². The fourth-order valence-corrected chi connectivity index (χ4v) is 4.59. The number of ether oxygens (including phenoxy) is 3. The van der Waals surface area contributed by atoms with E-state index in [1.165, 1.54) is 0 Å². The molecule has 32 heavy (non-hydrogen) atoms. The van der Waals surface area contributed by atoms with E-state index >= 15 is 0 Å². The molecule has 1 atom stereocenters. The van der Waals surface area contributed by atoms with Crippen LogP contribution in [0.3, 0.4) is 0 Å². The summed E-state index contributed by atoms with van der Waals surface area (Å²) >= 11 is 0. The molecule has 0 spiro atoms. The van der Waals surface area contributed by atoms with E-state index in [1.807, 2.05) is 56.3 Å². The van der Waals surface area contributed by atoms with Crippen LogP contribution in [-0.2, 0) is 9.47 Å². The van der Waals surface area contributed by atoms with E-state index in [2.05, 4.69) is 24.1 Å². The third-order valence-corrected chi connectivity index (χ3v) is 6.52. The number of rotatable bonds is 6. The van der Waals surface area contributed by atoms with E-state index in [-0.39, 0.29) is 24.7 Å². The number of aryl methyl sites for hydroxylation is 1. The Balaban J connectivity index is 1.44. The van der Waals surface area contributed by atoms with Crippen LogP contribution in [-0.4, -0.2) is 18.8 Å². The van der Waals surface area contributed by atoms with Gasteiger partial charge in [0.1, 0.15) is 11.5 Å². The molecule has 1 aliphatic heterocycles. The first-order valence-corrected chi connectivity index (χ1v) is 11.3. The number of hydrogen-bond acceptors (Lipinski definition) is 5. The molecule has 5 nitrogen and oxygen atoms in total. The molecule has 5 rings (SSSR count). The van der Waals surface area contributed by atoms with Crippen LogP contribution in [0.25, 0.3) is 11.1 Å². The Labute approximate surface area is 189 Å². The smallest absolute Gasteiger partial charge is 0.230 e. The Morgan fingerprint density at radius 2 is 1.94 bits per heavy atom. The van der Waals surface area contributed by atoms with Crippen LogP contribution in [0, 0.1) is 18.3 Å². The summed E-state index contributed by atoms with van der Waals surface area (Å²) in [6, 6.07) is 14.0. The zero-order valence-electron chi connectivity index (χ0n) is 18.8. The zero-order valence-corrected chi connectivity index (χ0v) is 18.8. The predicted octanol–water partition coefficient (Wildman–Crippen LogP) is 5.41. The van der Waals surface area contributed by atoms with E-state index in [4.69, 9.17) is 14.2 Å². The molecule has 1 unspecified atom stereocenters. The summed E-state index contributed by atoms with van der Waals surface area (Å²) in [6.45, 7) is 6.37. The first kappa shape index (κ1) is 20.7. The number of nitrogens with zero attached hydrogens (tertiary/aromatic N) is 1. The van der Waals surface area contributed by atoms with Crippen LogP contribution in [0.5, 0.6) is 5.75 Å². The molecule has 1 heterocycles. The third kappa shape index (κ3) is 3.77. The van der Waals surface area contributed by atoms with E-state index in [0.29, 0.717) is 12.1 Å². The minimum absolute atomic E-state index is 0.0448. The second kappa shape index (κ2) is 8.05. The second-order valence-electron chi connectivity index (χ2n) is 9.10. The van der Waals surface area contributed by atoms with Crippen LogP contribution in [0.1, 0.15) is 38.7 Å². The van der Waals surface area contributed by atoms with Gasteiger partial charge in [-0.2, -0.15) is 0 Å². The van der Waals surface area contributed by atoms with Gasteiger partial charge in [0.2, 0.25) is 6.79 Å². The van der Waals surface area contributed by atoms with Gasteiger partial charge in [-0.1, -0.05) is 30.3 Å². The fourth-order valence-electron chi connectivity index (χ4n) is 4.59. The Morgan fingerprint density at radius 3 is 2.72 bits per heavy atom. The molecule has 1 saturated carbocycles. The van der Waals surface area contributed by atoms with Crippen molar-refractivity contribution in [2.75, 3.05) is 6.79 Å². The van der Waals surface area contributed by atoms with Crippen molar-refractivity contribution < 1.29 is 19.3 Å².